The minimum Gasteiger partial charge on any atom is -0.399 e. The average molecular weight is 307 g/mol. The van der Waals surface area contributed by atoms with Gasteiger partial charge in [-0.3, -0.25) is 0 Å². The van der Waals surface area contributed by atoms with Gasteiger partial charge in [-0.25, -0.2) is 0 Å². The molecule has 0 amide bonds. The van der Waals surface area contributed by atoms with E-state index in [0.29, 0.717) is 11.4 Å². The summed E-state index contributed by atoms with van der Waals surface area (Å²) in [5.41, 5.74) is 14.2. The summed E-state index contributed by atoms with van der Waals surface area (Å²) in [7, 11) is 1.67. The second-order valence-electron chi connectivity index (χ2n) is 6.39. The van der Waals surface area contributed by atoms with E-state index in [0.717, 1.165) is 31.2 Å². The van der Waals surface area contributed by atoms with E-state index in [2.05, 4.69) is 4.74 Å². The average Bonchev–Trinajstić information content (AvgIpc) is 3.00. The van der Waals surface area contributed by atoms with Crippen LogP contribution in [0.2, 0.25) is 0 Å². The molecular formula is C16H23N2O4+. The maximum atomic E-state index is 6.36. The number of rotatable bonds is 3. The Labute approximate surface area is 129 Å². The monoisotopic (exact) mass is 307 g/mol. The fourth-order valence-electron chi connectivity index (χ4n) is 3.69. The first-order chi connectivity index (χ1) is 10.6. The number of ether oxygens (including phenoxy) is 4. The van der Waals surface area contributed by atoms with Crippen LogP contribution in [0.25, 0.3) is 0 Å². The first-order valence-corrected chi connectivity index (χ1v) is 7.85. The fraction of sp³-hybridized carbons (Fsp3) is 0.625. The van der Waals surface area contributed by atoms with Crippen molar-refractivity contribution in [2.24, 2.45) is 0 Å². The molecule has 6 nitrogen and oxygen atoms in total. The molecule has 22 heavy (non-hydrogen) atoms. The van der Waals surface area contributed by atoms with Crippen molar-refractivity contribution in [2.75, 3.05) is 18.6 Å². The molecule has 2 aliphatic heterocycles. The lowest BCUT2D eigenvalue weighted by Crippen LogP contribution is -2.29. The second kappa shape index (κ2) is 5.09. The summed E-state index contributed by atoms with van der Waals surface area (Å²) in [6, 6.07) is 5.56. The lowest BCUT2D eigenvalue weighted by molar-refractivity contribution is -0.172. The molecule has 3 aliphatic rings. The van der Waals surface area contributed by atoms with Gasteiger partial charge in [0, 0.05) is 36.9 Å². The molecule has 0 bridgehead atoms. The highest BCUT2D eigenvalue weighted by molar-refractivity contribution is 5.58. The van der Waals surface area contributed by atoms with Gasteiger partial charge < -0.3 is 30.4 Å². The van der Waals surface area contributed by atoms with Gasteiger partial charge >= 0.3 is 6.29 Å². The van der Waals surface area contributed by atoms with Gasteiger partial charge in [-0.15, -0.1) is 0 Å². The number of aliphatic hydroxyl groups is 2. The Kier molecular flexibility index (Phi) is 3.30. The zero-order valence-electron chi connectivity index (χ0n) is 12.7. The summed E-state index contributed by atoms with van der Waals surface area (Å²) < 4.78 is 22.5. The molecule has 0 radical (unpaired) electrons. The standard InChI is InChI=1S/C16H22N2O4/c1-19-15-14(20-15)13-12(10-5-4-9(17)8-11(10)18)21-16(22-13)6-2-3-7-16/h4-5,8,12-15H,2-3,6-7,17-18H2,1H3/p+1/t12-,13+,14?,15?/m0/s1. The van der Waals surface area contributed by atoms with Gasteiger partial charge in [-0.2, -0.15) is 0 Å². The Hall–Kier alpha value is -1.34. The first kappa shape index (κ1) is 14.3. The minimum atomic E-state index is -0.473. The summed E-state index contributed by atoms with van der Waals surface area (Å²) >= 11 is 0. The molecule has 2 unspecified atom stereocenters. The number of nitrogens with two attached hydrogens (primary N) is 2. The van der Waals surface area contributed by atoms with E-state index in [1.807, 2.05) is 12.1 Å². The number of epoxide rings is 1. The van der Waals surface area contributed by atoms with Crippen LogP contribution in [0.3, 0.4) is 0 Å². The van der Waals surface area contributed by atoms with Crippen molar-refractivity contribution < 1.29 is 18.9 Å². The molecule has 2 heterocycles. The smallest absolute Gasteiger partial charge is 0.341 e. The summed E-state index contributed by atoms with van der Waals surface area (Å²) in [5, 5.41) is 0. The van der Waals surface area contributed by atoms with E-state index >= 15 is 0 Å². The van der Waals surface area contributed by atoms with Crippen LogP contribution >= 0.6 is 0 Å². The van der Waals surface area contributed by atoms with Crippen LogP contribution in [0.15, 0.2) is 18.2 Å². The van der Waals surface area contributed by atoms with Gasteiger partial charge in [0.25, 0.3) is 6.10 Å². The molecule has 120 valence electrons. The lowest BCUT2D eigenvalue weighted by atomic mass is 10.00. The molecule has 5 N–H and O–H groups in total. The van der Waals surface area contributed by atoms with Crippen LogP contribution in [0.4, 0.5) is 11.4 Å². The third-order valence-corrected chi connectivity index (χ3v) is 4.87. The Morgan fingerprint density at radius 2 is 2.00 bits per heavy atom. The van der Waals surface area contributed by atoms with E-state index in [-0.39, 0.29) is 24.6 Å². The van der Waals surface area contributed by atoms with Crippen molar-refractivity contribution in [2.45, 2.75) is 56.1 Å². The van der Waals surface area contributed by atoms with Crippen molar-refractivity contribution >= 4 is 11.4 Å². The molecule has 1 aromatic carbocycles. The normalized spacial score (nSPS) is 36.0. The fourth-order valence-corrected chi connectivity index (χ4v) is 3.69. The van der Waals surface area contributed by atoms with E-state index in [9.17, 15) is 0 Å². The highest BCUT2D eigenvalue weighted by Crippen LogP contribution is 2.51. The molecule has 4 rings (SSSR count). The van der Waals surface area contributed by atoms with Gasteiger partial charge in [-0.05, 0) is 25.0 Å². The van der Waals surface area contributed by atoms with Gasteiger partial charge in [0.15, 0.2) is 11.9 Å². The maximum absolute atomic E-state index is 6.36. The number of methoxy groups -OCH3 is 1. The summed E-state index contributed by atoms with van der Waals surface area (Å²) in [6.45, 7) is 0. The van der Waals surface area contributed by atoms with Crippen LogP contribution in [0.5, 0.6) is 0 Å². The molecule has 1 saturated carbocycles. The van der Waals surface area contributed by atoms with Gasteiger partial charge in [0.2, 0.25) is 0 Å². The largest absolute Gasteiger partial charge is 0.399 e. The van der Waals surface area contributed by atoms with Crippen molar-refractivity contribution in [3.8, 4) is 0 Å². The van der Waals surface area contributed by atoms with Crippen molar-refractivity contribution in [3.05, 3.63) is 23.8 Å². The number of anilines is 2. The Morgan fingerprint density at radius 3 is 2.64 bits per heavy atom. The van der Waals surface area contributed by atoms with E-state index in [1.165, 1.54) is 0 Å². The van der Waals surface area contributed by atoms with Crippen LogP contribution in [-0.4, -0.2) is 36.1 Å². The second-order valence-corrected chi connectivity index (χ2v) is 6.39. The maximum Gasteiger partial charge on any atom is 0.341 e. The van der Waals surface area contributed by atoms with Crippen LogP contribution < -0.4 is 11.5 Å². The third kappa shape index (κ3) is 2.27. The van der Waals surface area contributed by atoms with Gasteiger partial charge in [0.1, 0.15) is 6.10 Å². The molecule has 6 heteroatoms. The van der Waals surface area contributed by atoms with Crippen LogP contribution in [0, 0.1) is 0 Å². The van der Waals surface area contributed by atoms with E-state index < -0.39 is 5.79 Å². The topological polar surface area (TPSA) is 92.5 Å². The predicted molar refractivity (Wildman–Crippen MR) is 82.0 cm³/mol. The Balaban J connectivity index is 1.65. The highest BCUT2D eigenvalue weighted by atomic mass is 16.8. The Bertz CT molecular complexity index is 573. The van der Waals surface area contributed by atoms with E-state index in [1.54, 1.807) is 13.2 Å². The van der Waals surface area contributed by atoms with Crippen LogP contribution in [-0.2, 0) is 14.2 Å². The van der Waals surface area contributed by atoms with Crippen molar-refractivity contribution in [1.29, 1.82) is 0 Å². The number of hydrogen-bond donors (Lipinski definition) is 2. The van der Waals surface area contributed by atoms with E-state index in [4.69, 9.17) is 25.7 Å². The Morgan fingerprint density at radius 1 is 1.23 bits per heavy atom. The molecule has 1 aromatic rings. The van der Waals surface area contributed by atoms with Crippen LogP contribution in [0.1, 0.15) is 37.4 Å². The molecule has 4 atom stereocenters. The summed E-state index contributed by atoms with van der Waals surface area (Å²) in [5.74, 6) is -0.473. The summed E-state index contributed by atoms with van der Waals surface area (Å²) in [4.78, 5) is 0. The quantitative estimate of drug-likeness (QED) is 0.501. The lowest BCUT2D eigenvalue weighted by Gasteiger charge is -2.22. The molecule has 2 saturated heterocycles. The zero-order chi connectivity index (χ0) is 15.3. The van der Waals surface area contributed by atoms with Crippen molar-refractivity contribution in [3.63, 3.8) is 0 Å². The molecular weight excluding hydrogens is 284 g/mol. The zero-order valence-corrected chi connectivity index (χ0v) is 12.7. The third-order valence-electron chi connectivity index (χ3n) is 4.87. The highest BCUT2D eigenvalue weighted by Gasteiger charge is 2.64. The van der Waals surface area contributed by atoms with Gasteiger partial charge in [-0.1, -0.05) is 6.07 Å². The van der Waals surface area contributed by atoms with Crippen molar-refractivity contribution in [1.82, 2.24) is 0 Å². The molecule has 1 aliphatic carbocycles. The first-order valence-electron chi connectivity index (χ1n) is 7.85. The summed E-state index contributed by atoms with van der Waals surface area (Å²) in [6.07, 6.45) is 3.69. The number of benzene rings is 1. The van der Waals surface area contributed by atoms with Gasteiger partial charge in [0.05, 0.1) is 0 Å². The minimum absolute atomic E-state index is 0.0203. The molecule has 1 spiro atoms. The molecule has 3 fully saturated rings. The molecule has 0 aromatic heterocycles. The number of hydrogen-bond acceptors (Lipinski definition) is 5. The SMILES string of the molecule is COC1[OH+]C1[C@@H]1OC2(CCCC2)O[C@H]1c1ccc(N)cc1N. The predicted octanol–water partition coefficient (Wildman–Crippen LogP) is 1.46. The number of nitrogen functional groups attached to an aromatic ring is 2.